The smallest absolute Gasteiger partial charge is 0.266 e. The summed E-state index contributed by atoms with van der Waals surface area (Å²) >= 11 is 0. The minimum Gasteiger partial charge on any atom is -0.391 e. The Morgan fingerprint density at radius 1 is 0.651 bits per heavy atom. The van der Waals surface area contributed by atoms with Gasteiger partial charge < -0.3 is 10.4 Å². The zero-order chi connectivity index (χ0) is 31.9. The second kappa shape index (κ2) is 30.3. The molecule has 0 saturated carbocycles. The summed E-state index contributed by atoms with van der Waals surface area (Å²) in [7, 11) is -4.29. The highest BCUT2D eigenvalue weighted by atomic mass is 32.2. The van der Waals surface area contributed by atoms with Gasteiger partial charge in [0.25, 0.3) is 10.1 Å². The lowest BCUT2D eigenvalue weighted by Gasteiger charge is -2.23. The van der Waals surface area contributed by atoms with E-state index < -0.39 is 28.0 Å². The summed E-state index contributed by atoms with van der Waals surface area (Å²) in [6.07, 6.45) is 39.6. The number of unbranched alkanes of at least 4 members (excludes halogenated alkanes) is 14. The monoisotopic (exact) mass is 623 g/mol. The first-order valence-corrected chi connectivity index (χ1v) is 18.9. The summed E-state index contributed by atoms with van der Waals surface area (Å²) < 4.78 is 32.1. The molecule has 0 aliphatic heterocycles. The van der Waals surface area contributed by atoms with Gasteiger partial charge in [0, 0.05) is 6.42 Å². The first-order chi connectivity index (χ1) is 20.8. The van der Waals surface area contributed by atoms with Crippen molar-refractivity contribution in [2.45, 2.75) is 167 Å². The van der Waals surface area contributed by atoms with Crippen LogP contribution in [0.15, 0.2) is 48.6 Å². The van der Waals surface area contributed by atoms with E-state index in [0.717, 1.165) is 77.0 Å². The molecule has 0 bridgehead atoms. The number of aliphatic hydroxyl groups is 1. The van der Waals surface area contributed by atoms with Crippen molar-refractivity contribution in [1.29, 1.82) is 0 Å². The van der Waals surface area contributed by atoms with Crippen LogP contribution in [0.3, 0.4) is 0 Å². The molecule has 0 aromatic rings. The van der Waals surface area contributed by atoms with Crippen LogP contribution in [0.1, 0.15) is 155 Å². The normalized spacial score (nSPS) is 14.0. The second-order valence-electron chi connectivity index (χ2n) is 11.8. The molecule has 0 rings (SSSR count). The van der Waals surface area contributed by atoms with E-state index in [-0.39, 0.29) is 5.91 Å². The molecular weight excluding hydrogens is 558 g/mol. The Morgan fingerprint density at radius 3 is 1.65 bits per heavy atom. The minimum absolute atomic E-state index is 0.260. The molecule has 0 aromatic carbocycles. The summed E-state index contributed by atoms with van der Waals surface area (Å²) in [6, 6.07) is -0.970. The first kappa shape index (κ1) is 41.3. The van der Waals surface area contributed by atoms with E-state index >= 15 is 0 Å². The van der Waals surface area contributed by atoms with Gasteiger partial charge in [0.2, 0.25) is 5.91 Å². The summed E-state index contributed by atoms with van der Waals surface area (Å²) in [6.45, 7) is 4.28. The average molecular weight is 624 g/mol. The quantitative estimate of drug-likeness (QED) is 0.0420. The third-order valence-electron chi connectivity index (χ3n) is 7.55. The van der Waals surface area contributed by atoms with Crippen molar-refractivity contribution in [3.63, 3.8) is 0 Å². The van der Waals surface area contributed by atoms with Gasteiger partial charge in [-0.15, -0.1) is 0 Å². The molecule has 0 heterocycles. The van der Waals surface area contributed by atoms with Crippen LogP contribution in [-0.2, 0) is 14.9 Å². The maximum Gasteiger partial charge on any atom is 0.266 e. The highest BCUT2D eigenvalue weighted by Gasteiger charge is 2.26. The maximum absolute atomic E-state index is 12.4. The fraction of sp³-hybridized carbons (Fsp3) is 0.750. The number of amides is 1. The third kappa shape index (κ3) is 31.5. The molecule has 0 saturated heterocycles. The number of nitrogens with one attached hydrogen (secondary N) is 1. The molecule has 0 fully saturated rings. The Labute approximate surface area is 265 Å². The highest BCUT2D eigenvalue weighted by Crippen LogP contribution is 2.14. The Kier molecular flexibility index (Phi) is 29.1. The van der Waals surface area contributed by atoms with Gasteiger partial charge in [-0.1, -0.05) is 146 Å². The van der Waals surface area contributed by atoms with Gasteiger partial charge in [0.05, 0.1) is 17.9 Å². The minimum atomic E-state index is -4.29. The lowest BCUT2D eigenvalue weighted by Crippen LogP contribution is -2.47. The molecule has 0 spiro atoms. The number of rotatable bonds is 30. The van der Waals surface area contributed by atoms with Crippen molar-refractivity contribution in [1.82, 2.24) is 5.32 Å². The van der Waals surface area contributed by atoms with Gasteiger partial charge in [-0.2, -0.15) is 8.42 Å². The third-order valence-corrected chi connectivity index (χ3v) is 8.33. The van der Waals surface area contributed by atoms with E-state index in [1.807, 2.05) is 0 Å². The molecule has 0 aromatic heterocycles. The van der Waals surface area contributed by atoms with Gasteiger partial charge in [-0.25, -0.2) is 0 Å². The standard InChI is InChI=1S/C36H65NO5S/c1-3-5-7-9-10-11-12-13-14-15-16-17-18-19-20-21-22-23-24-25-26-28-30-32-36(39)37-34(33-43(40,41)42)35(38)31-29-27-8-6-4-2/h5,7,10-11,13-14,16-17,34-35,38H,3-4,6,8-9,12,15,18-33H2,1-2H3,(H,37,39)(H,40,41,42)/b7-5-,11-10-,14-13-,17-16-. The highest BCUT2D eigenvalue weighted by molar-refractivity contribution is 7.85. The zero-order valence-corrected chi connectivity index (χ0v) is 28.4. The summed E-state index contributed by atoms with van der Waals surface area (Å²) in [4.78, 5) is 12.4. The molecule has 0 radical (unpaired) electrons. The predicted octanol–water partition coefficient (Wildman–Crippen LogP) is 9.57. The van der Waals surface area contributed by atoms with E-state index in [1.54, 1.807) is 0 Å². The summed E-state index contributed by atoms with van der Waals surface area (Å²) in [5, 5.41) is 13.1. The maximum atomic E-state index is 12.4. The molecule has 2 atom stereocenters. The van der Waals surface area contributed by atoms with Crippen LogP contribution in [0.2, 0.25) is 0 Å². The number of carbonyl (C=O) groups is 1. The SMILES string of the molecule is CC/C=C\C/C=C\C/C=C\C/C=C\CCCCCCCCCCCCC(=O)NC(CS(=O)(=O)O)C(O)CCCCCCC. The van der Waals surface area contributed by atoms with Crippen LogP contribution in [-0.4, -0.2) is 41.9 Å². The molecule has 250 valence electrons. The van der Waals surface area contributed by atoms with Crippen LogP contribution in [0.25, 0.3) is 0 Å². The van der Waals surface area contributed by atoms with Crippen molar-refractivity contribution in [2.75, 3.05) is 5.75 Å². The number of allylic oxidation sites excluding steroid dienone is 8. The van der Waals surface area contributed by atoms with Gasteiger partial charge in [-0.3, -0.25) is 9.35 Å². The Bertz CT molecular complexity index is 863. The van der Waals surface area contributed by atoms with Crippen molar-refractivity contribution in [3.05, 3.63) is 48.6 Å². The molecule has 7 heteroatoms. The van der Waals surface area contributed by atoms with E-state index in [9.17, 15) is 22.9 Å². The van der Waals surface area contributed by atoms with Crippen molar-refractivity contribution >= 4 is 16.0 Å². The van der Waals surface area contributed by atoms with E-state index in [2.05, 4.69) is 67.8 Å². The van der Waals surface area contributed by atoms with Gasteiger partial charge in [0.1, 0.15) is 0 Å². The molecule has 43 heavy (non-hydrogen) atoms. The van der Waals surface area contributed by atoms with Crippen LogP contribution >= 0.6 is 0 Å². The lowest BCUT2D eigenvalue weighted by atomic mass is 10.0. The zero-order valence-electron chi connectivity index (χ0n) is 27.6. The second-order valence-corrected chi connectivity index (χ2v) is 13.3. The largest absolute Gasteiger partial charge is 0.391 e. The average Bonchev–Trinajstić information content (AvgIpc) is 2.96. The molecular formula is C36H65NO5S. The Morgan fingerprint density at radius 2 is 1.12 bits per heavy atom. The van der Waals surface area contributed by atoms with Crippen LogP contribution in [0.5, 0.6) is 0 Å². The van der Waals surface area contributed by atoms with Crippen LogP contribution < -0.4 is 5.32 Å². The molecule has 6 nitrogen and oxygen atoms in total. The fourth-order valence-electron chi connectivity index (χ4n) is 4.97. The van der Waals surface area contributed by atoms with Crippen LogP contribution in [0.4, 0.5) is 0 Å². The topological polar surface area (TPSA) is 104 Å². The van der Waals surface area contributed by atoms with E-state index in [1.165, 1.54) is 51.4 Å². The lowest BCUT2D eigenvalue weighted by molar-refractivity contribution is -0.122. The Balaban J connectivity index is 3.76. The first-order valence-electron chi connectivity index (χ1n) is 17.3. The molecule has 1 amide bonds. The molecule has 0 aliphatic rings. The number of hydrogen-bond donors (Lipinski definition) is 3. The van der Waals surface area contributed by atoms with Gasteiger partial charge in [-0.05, 0) is 51.4 Å². The van der Waals surface area contributed by atoms with E-state index in [0.29, 0.717) is 12.8 Å². The number of hydrogen-bond acceptors (Lipinski definition) is 4. The van der Waals surface area contributed by atoms with Crippen molar-refractivity contribution < 1.29 is 22.9 Å². The number of carbonyl (C=O) groups excluding carboxylic acids is 1. The molecule has 2 unspecified atom stereocenters. The van der Waals surface area contributed by atoms with E-state index in [4.69, 9.17) is 0 Å². The summed E-state index contributed by atoms with van der Waals surface area (Å²) in [5.74, 6) is -0.914. The Hall–Kier alpha value is -1.70. The number of aliphatic hydroxyl groups excluding tert-OH is 1. The predicted molar refractivity (Wildman–Crippen MR) is 184 cm³/mol. The molecule has 3 N–H and O–H groups in total. The summed E-state index contributed by atoms with van der Waals surface area (Å²) in [5.41, 5.74) is 0. The van der Waals surface area contributed by atoms with Crippen molar-refractivity contribution in [3.8, 4) is 0 Å². The fourth-order valence-corrected chi connectivity index (χ4v) is 5.73. The molecule has 0 aliphatic carbocycles. The van der Waals surface area contributed by atoms with Crippen LogP contribution in [0, 0.1) is 0 Å². The van der Waals surface area contributed by atoms with Crippen molar-refractivity contribution in [2.24, 2.45) is 0 Å². The van der Waals surface area contributed by atoms with Gasteiger partial charge in [0.15, 0.2) is 0 Å². The van der Waals surface area contributed by atoms with Gasteiger partial charge >= 0.3 is 0 Å².